The minimum absolute atomic E-state index is 0.949. The van der Waals surface area contributed by atoms with Crippen LogP contribution < -0.4 is 10.2 Å². The zero-order valence-electron chi connectivity index (χ0n) is 12.0. The van der Waals surface area contributed by atoms with Crippen LogP contribution in [0, 0.1) is 0 Å². The number of anilines is 1. The number of hydrogen-bond donors (Lipinski definition) is 1. The normalized spacial score (nSPS) is 19.7. The van der Waals surface area contributed by atoms with Gasteiger partial charge in [0.2, 0.25) is 0 Å². The van der Waals surface area contributed by atoms with E-state index >= 15 is 0 Å². The third-order valence-electron chi connectivity index (χ3n) is 4.17. The molecule has 4 heterocycles. The number of hydrogen-bond acceptors (Lipinski definition) is 6. The second kappa shape index (κ2) is 5.75. The van der Waals surface area contributed by atoms with Crippen LogP contribution in [0.4, 0.5) is 5.13 Å². The van der Waals surface area contributed by atoms with Gasteiger partial charge < -0.3 is 10.2 Å². The van der Waals surface area contributed by atoms with E-state index < -0.39 is 0 Å². The zero-order chi connectivity index (χ0) is 14.1. The Morgan fingerprint density at radius 1 is 1.19 bits per heavy atom. The van der Waals surface area contributed by atoms with Crippen LogP contribution in [0.1, 0.15) is 11.4 Å². The van der Waals surface area contributed by atoms with Gasteiger partial charge in [0.25, 0.3) is 0 Å². The van der Waals surface area contributed by atoms with Gasteiger partial charge in [0.05, 0.1) is 17.9 Å². The van der Waals surface area contributed by atoms with Crippen LogP contribution in [0.5, 0.6) is 0 Å². The van der Waals surface area contributed by atoms with E-state index in [4.69, 9.17) is 5.10 Å². The Morgan fingerprint density at radius 2 is 2.10 bits per heavy atom. The summed E-state index contributed by atoms with van der Waals surface area (Å²) >= 11 is 1.73. The molecule has 1 N–H and O–H groups in total. The van der Waals surface area contributed by atoms with Gasteiger partial charge in [-0.25, -0.2) is 4.98 Å². The standard InChI is InChI=1S/C14H20N6S/c1-3-20-13(10-15-1)9-12(17-20)11-18-4-6-19(7-5-18)14-16-2-8-21-14/h2,8-9,15H,1,3-7,10-11H2. The van der Waals surface area contributed by atoms with Gasteiger partial charge in [-0.05, 0) is 6.07 Å². The molecule has 0 spiro atoms. The summed E-state index contributed by atoms with van der Waals surface area (Å²) in [5.74, 6) is 0. The molecular weight excluding hydrogens is 284 g/mol. The van der Waals surface area contributed by atoms with Crippen LogP contribution in [0.2, 0.25) is 0 Å². The third-order valence-corrected chi connectivity index (χ3v) is 5.00. The molecule has 7 heteroatoms. The number of rotatable bonds is 3. The predicted octanol–water partition coefficient (Wildman–Crippen LogP) is 0.765. The molecule has 6 nitrogen and oxygen atoms in total. The molecular formula is C14H20N6S. The van der Waals surface area contributed by atoms with Crippen molar-refractivity contribution in [2.45, 2.75) is 19.6 Å². The van der Waals surface area contributed by atoms with Crippen LogP contribution in [0.3, 0.4) is 0 Å². The second-order valence-electron chi connectivity index (χ2n) is 5.60. The minimum Gasteiger partial charge on any atom is -0.346 e. The maximum Gasteiger partial charge on any atom is 0.185 e. The summed E-state index contributed by atoms with van der Waals surface area (Å²) in [5, 5.41) is 11.3. The van der Waals surface area contributed by atoms with E-state index in [9.17, 15) is 0 Å². The van der Waals surface area contributed by atoms with Crippen molar-refractivity contribution in [2.75, 3.05) is 37.6 Å². The van der Waals surface area contributed by atoms with Crippen molar-refractivity contribution >= 4 is 16.5 Å². The van der Waals surface area contributed by atoms with E-state index in [1.807, 2.05) is 11.6 Å². The second-order valence-corrected chi connectivity index (χ2v) is 6.48. The van der Waals surface area contributed by atoms with Crippen LogP contribution in [0.15, 0.2) is 17.6 Å². The SMILES string of the molecule is c1csc(N2CCN(Cc3cc4n(n3)CCNC4)CC2)n1. The fraction of sp³-hybridized carbons (Fsp3) is 0.571. The topological polar surface area (TPSA) is 49.2 Å². The van der Waals surface area contributed by atoms with E-state index in [0.29, 0.717) is 0 Å². The maximum atomic E-state index is 4.72. The highest BCUT2D eigenvalue weighted by molar-refractivity contribution is 7.13. The fourth-order valence-electron chi connectivity index (χ4n) is 3.03. The largest absolute Gasteiger partial charge is 0.346 e. The maximum absolute atomic E-state index is 4.72. The Kier molecular flexibility index (Phi) is 3.62. The smallest absolute Gasteiger partial charge is 0.185 e. The first kappa shape index (κ1) is 13.2. The monoisotopic (exact) mass is 304 g/mol. The molecule has 112 valence electrons. The van der Waals surface area contributed by atoms with Gasteiger partial charge in [-0.3, -0.25) is 9.58 Å². The Morgan fingerprint density at radius 3 is 2.86 bits per heavy atom. The minimum atomic E-state index is 0.949. The lowest BCUT2D eigenvalue weighted by molar-refractivity contribution is 0.246. The Hall–Kier alpha value is -1.44. The Bertz CT molecular complexity index is 561. The summed E-state index contributed by atoms with van der Waals surface area (Å²) in [6.07, 6.45) is 1.88. The molecule has 1 fully saturated rings. The van der Waals surface area contributed by atoms with Gasteiger partial charge in [-0.2, -0.15) is 5.10 Å². The van der Waals surface area contributed by atoms with Crippen molar-refractivity contribution < 1.29 is 0 Å². The van der Waals surface area contributed by atoms with Crippen LogP contribution >= 0.6 is 11.3 Å². The van der Waals surface area contributed by atoms with Crippen molar-refractivity contribution in [3.05, 3.63) is 29.0 Å². The van der Waals surface area contributed by atoms with Gasteiger partial charge in [-0.15, -0.1) is 11.3 Å². The quantitative estimate of drug-likeness (QED) is 0.907. The van der Waals surface area contributed by atoms with Gasteiger partial charge in [0.1, 0.15) is 0 Å². The average Bonchev–Trinajstić information content (AvgIpc) is 3.17. The first-order valence-corrected chi connectivity index (χ1v) is 8.39. The molecule has 0 amide bonds. The number of nitrogens with one attached hydrogen (secondary N) is 1. The van der Waals surface area contributed by atoms with E-state index in [-0.39, 0.29) is 0 Å². The molecule has 0 saturated carbocycles. The highest BCUT2D eigenvalue weighted by Gasteiger charge is 2.20. The van der Waals surface area contributed by atoms with Crippen molar-refractivity contribution in [1.82, 2.24) is 25.0 Å². The number of thiazole rings is 1. The molecule has 0 atom stereocenters. The first-order chi connectivity index (χ1) is 10.4. The summed E-state index contributed by atoms with van der Waals surface area (Å²) in [5.41, 5.74) is 2.52. The van der Waals surface area contributed by atoms with Crippen LogP contribution in [-0.4, -0.2) is 52.4 Å². The molecule has 2 aromatic heterocycles. The van der Waals surface area contributed by atoms with Crippen molar-refractivity contribution in [3.8, 4) is 0 Å². The fourth-order valence-corrected chi connectivity index (χ4v) is 3.72. The predicted molar refractivity (Wildman–Crippen MR) is 83.5 cm³/mol. The lowest BCUT2D eigenvalue weighted by atomic mass is 10.2. The van der Waals surface area contributed by atoms with E-state index in [2.05, 4.69) is 30.8 Å². The molecule has 2 aliphatic heterocycles. The number of fused-ring (bicyclic) bond motifs is 1. The molecule has 1 saturated heterocycles. The number of aromatic nitrogens is 3. The van der Waals surface area contributed by atoms with Crippen LogP contribution in [-0.2, 0) is 19.6 Å². The first-order valence-electron chi connectivity index (χ1n) is 7.51. The van der Waals surface area contributed by atoms with Gasteiger partial charge in [0, 0.05) is 57.4 Å². The number of piperazine rings is 1. The Balaban J connectivity index is 1.35. The highest BCUT2D eigenvalue weighted by Crippen LogP contribution is 2.19. The van der Waals surface area contributed by atoms with Gasteiger partial charge in [-0.1, -0.05) is 0 Å². The number of nitrogens with zero attached hydrogens (tertiary/aromatic N) is 5. The van der Waals surface area contributed by atoms with Crippen molar-refractivity contribution in [2.24, 2.45) is 0 Å². The molecule has 0 bridgehead atoms. The highest BCUT2D eigenvalue weighted by atomic mass is 32.1. The van der Waals surface area contributed by atoms with Gasteiger partial charge in [0.15, 0.2) is 5.13 Å². The summed E-state index contributed by atoms with van der Waals surface area (Å²) in [7, 11) is 0. The zero-order valence-corrected chi connectivity index (χ0v) is 12.8. The van der Waals surface area contributed by atoms with Crippen molar-refractivity contribution in [3.63, 3.8) is 0 Å². The molecule has 21 heavy (non-hydrogen) atoms. The molecule has 0 radical (unpaired) electrons. The molecule has 2 aromatic rings. The van der Waals surface area contributed by atoms with Crippen LogP contribution in [0.25, 0.3) is 0 Å². The van der Waals surface area contributed by atoms with Crippen molar-refractivity contribution in [1.29, 1.82) is 0 Å². The summed E-state index contributed by atoms with van der Waals surface area (Å²) < 4.78 is 2.15. The lowest BCUT2D eigenvalue weighted by Gasteiger charge is -2.34. The summed E-state index contributed by atoms with van der Waals surface area (Å²) in [6, 6.07) is 2.25. The summed E-state index contributed by atoms with van der Waals surface area (Å²) in [6.45, 7) is 8.22. The summed E-state index contributed by atoms with van der Waals surface area (Å²) in [4.78, 5) is 9.27. The molecule has 0 aliphatic carbocycles. The van der Waals surface area contributed by atoms with E-state index in [1.54, 1.807) is 11.3 Å². The van der Waals surface area contributed by atoms with Gasteiger partial charge >= 0.3 is 0 Å². The molecule has 0 aromatic carbocycles. The molecule has 4 rings (SSSR count). The third kappa shape index (κ3) is 2.81. The molecule has 0 unspecified atom stereocenters. The Labute approximate surface area is 128 Å². The van der Waals surface area contributed by atoms with E-state index in [0.717, 1.165) is 57.5 Å². The van der Waals surface area contributed by atoms with E-state index in [1.165, 1.54) is 11.4 Å². The average molecular weight is 304 g/mol. The lowest BCUT2D eigenvalue weighted by Crippen LogP contribution is -2.46. The molecule has 2 aliphatic rings.